The molecule has 1 aliphatic heterocycles. The second-order valence-corrected chi connectivity index (χ2v) is 6.01. The minimum Gasteiger partial charge on any atom is -0.545 e. The number of nitrogens with zero attached hydrogens (tertiary/aromatic N) is 1. The molecule has 22 heavy (non-hydrogen) atoms. The molecule has 2 amide bonds. The number of aromatic carboxylic acids is 1. The first-order valence-corrected chi connectivity index (χ1v) is 7.52. The van der Waals surface area contributed by atoms with E-state index in [0.717, 1.165) is 4.90 Å². The van der Waals surface area contributed by atoms with E-state index in [4.69, 9.17) is 0 Å². The Kier molecular flexibility index (Phi) is 3.69. The van der Waals surface area contributed by atoms with E-state index < -0.39 is 5.97 Å². The van der Waals surface area contributed by atoms with Gasteiger partial charge in [0.1, 0.15) is 0 Å². The molecule has 0 aromatic heterocycles. The van der Waals surface area contributed by atoms with Crippen molar-refractivity contribution in [3.8, 4) is 0 Å². The molecule has 0 atom stereocenters. The van der Waals surface area contributed by atoms with Crippen molar-refractivity contribution in [3.05, 3.63) is 68.3 Å². The van der Waals surface area contributed by atoms with Gasteiger partial charge in [-0.05, 0) is 52.4 Å². The van der Waals surface area contributed by atoms with E-state index in [1.807, 2.05) is 22.6 Å². The van der Waals surface area contributed by atoms with E-state index in [-0.39, 0.29) is 23.9 Å². The zero-order valence-corrected chi connectivity index (χ0v) is 13.4. The predicted molar refractivity (Wildman–Crippen MR) is 84.1 cm³/mol. The van der Waals surface area contributed by atoms with Crippen LogP contribution >= 0.6 is 22.6 Å². The van der Waals surface area contributed by atoms with E-state index in [9.17, 15) is 19.5 Å². The van der Waals surface area contributed by atoms with Crippen LogP contribution in [0.25, 0.3) is 0 Å². The maximum atomic E-state index is 12.3. The van der Waals surface area contributed by atoms with Crippen LogP contribution < -0.4 is 5.11 Å². The summed E-state index contributed by atoms with van der Waals surface area (Å²) in [6.07, 6.45) is 0. The van der Waals surface area contributed by atoms with E-state index in [0.29, 0.717) is 20.3 Å². The van der Waals surface area contributed by atoms with E-state index in [2.05, 4.69) is 0 Å². The summed E-state index contributed by atoms with van der Waals surface area (Å²) in [7, 11) is 0. The Morgan fingerprint density at radius 2 is 1.64 bits per heavy atom. The Morgan fingerprint density at radius 1 is 1.05 bits per heavy atom. The highest BCUT2D eigenvalue weighted by atomic mass is 127. The standard InChI is InChI=1S/C16H10INO4/c17-13-6-5-9(7-12(13)16(21)22)8-18-14(19)10-3-1-2-4-11(10)15(18)20/h1-7H,8H2,(H,21,22)/p-1. The summed E-state index contributed by atoms with van der Waals surface area (Å²) < 4.78 is 0.545. The summed E-state index contributed by atoms with van der Waals surface area (Å²) in [5.74, 6) is -2.02. The van der Waals surface area contributed by atoms with Crippen molar-refractivity contribution in [1.29, 1.82) is 0 Å². The monoisotopic (exact) mass is 406 g/mol. The fourth-order valence-electron chi connectivity index (χ4n) is 2.39. The number of amides is 2. The molecular formula is C16H9INO4-. The lowest BCUT2D eigenvalue weighted by atomic mass is 10.1. The first kappa shape index (κ1) is 14.7. The number of rotatable bonds is 3. The summed E-state index contributed by atoms with van der Waals surface area (Å²) >= 11 is 1.90. The number of imide groups is 1. The fourth-order valence-corrected chi connectivity index (χ4v) is 2.95. The normalized spacial score (nSPS) is 13.4. The Hall–Kier alpha value is -2.22. The molecule has 0 N–H and O–H groups in total. The van der Waals surface area contributed by atoms with E-state index >= 15 is 0 Å². The van der Waals surface area contributed by atoms with Crippen LogP contribution in [0.5, 0.6) is 0 Å². The number of carbonyl (C=O) groups excluding carboxylic acids is 3. The fraction of sp³-hybridized carbons (Fsp3) is 0.0625. The topological polar surface area (TPSA) is 77.5 Å². The van der Waals surface area contributed by atoms with E-state index in [1.165, 1.54) is 6.07 Å². The highest BCUT2D eigenvalue weighted by Gasteiger charge is 2.34. The number of hydrogen-bond donors (Lipinski definition) is 0. The van der Waals surface area contributed by atoms with E-state index in [1.54, 1.807) is 36.4 Å². The molecule has 0 spiro atoms. The third kappa shape index (κ3) is 2.39. The van der Waals surface area contributed by atoms with Crippen molar-refractivity contribution in [2.75, 3.05) is 0 Å². The maximum Gasteiger partial charge on any atom is 0.261 e. The lowest BCUT2D eigenvalue weighted by molar-refractivity contribution is -0.255. The number of carboxylic acid groups (broad SMARTS) is 1. The Labute approximate surface area is 139 Å². The van der Waals surface area contributed by atoms with Gasteiger partial charge in [0.05, 0.1) is 23.6 Å². The minimum absolute atomic E-state index is 0.0313. The largest absolute Gasteiger partial charge is 0.545 e. The van der Waals surface area contributed by atoms with Crippen LogP contribution in [0, 0.1) is 3.57 Å². The first-order valence-electron chi connectivity index (χ1n) is 6.44. The van der Waals surface area contributed by atoms with Gasteiger partial charge in [-0.1, -0.05) is 18.2 Å². The third-order valence-corrected chi connectivity index (χ3v) is 4.41. The Balaban J connectivity index is 1.92. The number of carbonyl (C=O) groups is 3. The number of hydrogen-bond acceptors (Lipinski definition) is 4. The van der Waals surface area contributed by atoms with Crippen LogP contribution in [0.4, 0.5) is 0 Å². The highest BCUT2D eigenvalue weighted by Crippen LogP contribution is 2.25. The predicted octanol–water partition coefficient (Wildman–Crippen LogP) is 1.45. The number of halogens is 1. The molecule has 5 nitrogen and oxygen atoms in total. The van der Waals surface area contributed by atoms with Gasteiger partial charge in [0.25, 0.3) is 11.8 Å². The second-order valence-electron chi connectivity index (χ2n) is 4.84. The minimum atomic E-state index is -1.28. The molecule has 2 aromatic rings. The van der Waals surface area contributed by atoms with Crippen LogP contribution in [0.1, 0.15) is 36.6 Å². The van der Waals surface area contributed by atoms with Gasteiger partial charge in [0, 0.05) is 9.13 Å². The summed E-state index contributed by atoms with van der Waals surface area (Å²) in [6.45, 7) is 0.0313. The Bertz CT molecular complexity index is 781. The van der Waals surface area contributed by atoms with Crippen molar-refractivity contribution in [2.24, 2.45) is 0 Å². The van der Waals surface area contributed by atoms with Crippen LogP contribution in [-0.2, 0) is 6.54 Å². The molecule has 1 heterocycles. The quantitative estimate of drug-likeness (QED) is 0.571. The molecular weight excluding hydrogens is 397 g/mol. The first-order chi connectivity index (χ1) is 10.5. The zero-order valence-electron chi connectivity index (χ0n) is 11.2. The smallest absolute Gasteiger partial charge is 0.261 e. The average molecular weight is 406 g/mol. The maximum absolute atomic E-state index is 12.3. The zero-order chi connectivity index (χ0) is 15.9. The molecule has 0 saturated carbocycles. The van der Waals surface area contributed by atoms with Crippen molar-refractivity contribution in [2.45, 2.75) is 6.54 Å². The number of fused-ring (bicyclic) bond motifs is 1. The lowest BCUT2D eigenvalue weighted by Crippen LogP contribution is -2.29. The Morgan fingerprint density at radius 3 is 2.18 bits per heavy atom. The van der Waals surface area contributed by atoms with Gasteiger partial charge in [0.2, 0.25) is 0 Å². The van der Waals surface area contributed by atoms with Crippen LogP contribution in [0.2, 0.25) is 0 Å². The van der Waals surface area contributed by atoms with Crippen LogP contribution in [0.15, 0.2) is 42.5 Å². The van der Waals surface area contributed by atoms with Crippen LogP contribution in [0.3, 0.4) is 0 Å². The SMILES string of the molecule is O=C([O-])c1cc(CN2C(=O)c3ccccc3C2=O)ccc1I. The second kappa shape index (κ2) is 5.53. The summed E-state index contributed by atoms with van der Waals surface area (Å²) in [4.78, 5) is 36.7. The molecule has 0 saturated heterocycles. The molecule has 3 rings (SSSR count). The molecule has 110 valence electrons. The molecule has 0 fully saturated rings. The van der Waals surface area contributed by atoms with Gasteiger partial charge in [-0.3, -0.25) is 14.5 Å². The number of carboxylic acids is 1. The van der Waals surface area contributed by atoms with Crippen molar-refractivity contribution in [1.82, 2.24) is 4.90 Å². The molecule has 6 heteroatoms. The third-order valence-electron chi connectivity index (χ3n) is 3.47. The molecule has 2 aromatic carbocycles. The summed E-state index contributed by atoms with van der Waals surface area (Å²) in [5, 5.41) is 11.1. The summed E-state index contributed by atoms with van der Waals surface area (Å²) in [5.41, 5.74) is 1.36. The summed E-state index contributed by atoms with van der Waals surface area (Å²) in [6, 6.07) is 11.4. The molecule has 1 aliphatic rings. The van der Waals surface area contributed by atoms with Gasteiger partial charge in [-0.15, -0.1) is 0 Å². The van der Waals surface area contributed by atoms with Crippen molar-refractivity contribution in [3.63, 3.8) is 0 Å². The van der Waals surface area contributed by atoms with Gasteiger partial charge >= 0.3 is 0 Å². The average Bonchev–Trinajstić information content (AvgIpc) is 2.74. The van der Waals surface area contributed by atoms with Gasteiger partial charge in [-0.25, -0.2) is 0 Å². The molecule has 0 radical (unpaired) electrons. The van der Waals surface area contributed by atoms with Gasteiger partial charge in [0.15, 0.2) is 0 Å². The van der Waals surface area contributed by atoms with Gasteiger partial charge < -0.3 is 9.90 Å². The van der Waals surface area contributed by atoms with Gasteiger partial charge in [-0.2, -0.15) is 0 Å². The lowest BCUT2D eigenvalue weighted by Gasteiger charge is -2.15. The molecule has 0 aliphatic carbocycles. The van der Waals surface area contributed by atoms with Crippen molar-refractivity contribution >= 4 is 40.4 Å². The highest BCUT2D eigenvalue weighted by molar-refractivity contribution is 14.1. The molecule has 0 unspecified atom stereocenters. The van der Waals surface area contributed by atoms with Crippen LogP contribution in [-0.4, -0.2) is 22.7 Å². The van der Waals surface area contributed by atoms with Crippen molar-refractivity contribution < 1.29 is 19.5 Å². The molecule has 0 bridgehead atoms. The number of benzene rings is 2.